The van der Waals surface area contributed by atoms with Crippen molar-refractivity contribution in [3.05, 3.63) is 78.2 Å². The van der Waals surface area contributed by atoms with Crippen LogP contribution in [0.4, 0.5) is 10.2 Å². The van der Waals surface area contributed by atoms with Crippen molar-refractivity contribution in [2.75, 3.05) is 45.0 Å². The molecule has 2 fully saturated rings. The molecule has 200 valence electrons. The Morgan fingerprint density at radius 3 is 2.11 bits per heavy atom. The third kappa shape index (κ3) is 5.87. The predicted molar refractivity (Wildman–Crippen MR) is 144 cm³/mol. The summed E-state index contributed by atoms with van der Waals surface area (Å²) in [6.45, 7) is 3.79. The van der Waals surface area contributed by atoms with E-state index in [1.807, 2.05) is 17.0 Å². The number of amides is 1. The average Bonchev–Trinajstić information content (AvgIpc) is 2.94. The number of nitrogen functional groups attached to an aromatic ring is 1. The van der Waals surface area contributed by atoms with E-state index >= 15 is 0 Å². The highest BCUT2D eigenvalue weighted by molar-refractivity contribution is 7.89. The Morgan fingerprint density at radius 2 is 1.50 bits per heavy atom. The van der Waals surface area contributed by atoms with Gasteiger partial charge in [0.15, 0.2) is 0 Å². The van der Waals surface area contributed by atoms with Gasteiger partial charge in [0.05, 0.1) is 4.90 Å². The lowest BCUT2D eigenvalue weighted by molar-refractivity contribution is -0.138. The highest BCUT2D eigenvalue weighted by Crippen LogP contribution is 2.26. The maximum atomic E-state index is 13.2. The van der Waals surface area contributed by atoms with Gasteiger partial charge in [-0.15, -0.1) is 0 Å². The topological polar surface area (TPSA) is 99.8 Å². The van der Waals surface area contributed by atoms with Gasteiger partial charge in [0.1, 0.15) is 11.6 Å². The molecule has 0 unspecified atom stereocenters. The molecule has 38 heavy (non-hydrogen) atoms. The molecule has 0 spiro atoms. The molecule has 2 aliphatic rings. The Labute approximate surface area is 222 Å². The van der Waals surface area contributed by atoms with Crippen molar-refractivity contribution >= 4 is 21.7 Å². The van der Waals surface area contributed by atoms with E-state index in [0.29, 0.717) is 18.9 Å². The summed E-state index contributed by atoms with van der Waals surface area (Å²) in [6, 6.07) is 16.6. The zero-order valence-electron chi connectivity index (χ0n) is 21.2. The van der Waals surface area contributed by atoms with Crippen LogP contribution in [0, 0.1) is 11.7 Å². The normalized spacial score (nSPS) is 18.0. The summed E-state index contributed by atoms with van der Waals surface area (Å²) in [5.41, 5.74) is 8.52. The lowest BCUT2D eigenvalue weighted by Gasteiger charge is -2.38. The molecule has 2 saturated heterocycles. The van der Waals surface area contributed by atoms with E-state index in [0.717, 1.165) is 49.2 Å². The van der Waals surface area contributed by atoms with Crippen molar-refractivity contribution in [3.63, 3.8) is 0 Å². The molecule has 0 saturated carbocycles. The molecule has 10 heteroatoms. The fourth-order valence-electron chi connectivity index (χ4n) is 5.21. The maximum absolute atomic E-state index is 13.2. The number of nitrogens with two attached hydrogens (primary N) is 1. The molecule has 2 aromatic carbocycles. The van der Waals surface area contributed by atoms with Crippen molar-refractivity contribution in [1.82, 2.24) is 19.1 Å². The third-order valence-electron chi connectivity index (χ3n) is 7.41. The van der Waals surface area contributed by atoms with Crippen molar-refractivity contribution in [1.29, 1.82) is 0 Å². The van der Waals surface area contributed by atoms with E-state index in [2.05, 4.69) is 9.88 Å². The summed E-state index contributed by atoms with van der Waals surface area (Å²) in [4.78, 5) is 21.6. The van der Waals surface area contributed by atoms with Gasteiger partial charge < -0.3 is 10.6 Å². The number of aromatic nitrogens is 1. The van der Waals surface area contributed by atoms with Crippen LogP contribution in [0.3, 0.4) is 0 Å². The second-order valence-corrected chi connectivity index (χ2v) is 11.8. The van der Waals surface area contributed by atoms with Gasteiger partial charge in [-0.25, -0.2) is 17.8 Å². The molecule has 0 atom stereocenters. The van der Waals surface area contributed by atoms with Gasteiger partial charge in [0, 0.05) is 44.8 Å². The minimum atomic E-state index is -3.67. The number of hydrogen-bond donors (Lipinski definition) is 1. The average molecular weight is 538 g/mol. The number of piperazine rings is 1. The largest absolute Gasteiger partial charge is 0.384 e. The van der Waals surface area contributed by atoms with E-state index in [4.69, 9.17) is 5.73 Å². The predicted octanol–water partition coefficient (Wildman–Crippen LogP) is 3.22. The lowest BCUT2D eigenvalue weighted by Crippen LogP contribution is -2.52. The standard InChI is InChI=1S/C28H32FN5O3S/c29-25-5-1-22(2-6-25)23-3-7-26(8-4-23)38(36,37)34-17-15-33(16-18-34)28(35)24-10-13-32(14-11-24)20-21-9-12-31-27(30)19-21/h1-9,12,19,24H,10-11,13-18,20H2,(H2,30,31). The zero-order chi connectivity index (χ0) is 26.7. The molecule has 0 radical (unpaired) electrons. The lowest BCUT2D eigenvalue weighted by atomic mass is 9.94. The summed E-state index contributed by atoms with van der Waals surface area (Å²) < 4.78 is 41.1. The van der Waals surface area contributed by atoms with Crippen LogP contribution in [0.2, 0.25) is 0 Å². The van der Waals surface area contributed by atoms with E-state index in [9.17, 15) is 17.6 Å². The number of hydrogen-bond acceptors (Lipinski definition) is 6. The third-order valence-corrected chi connectivity index (χ3v) is 9.32. The quantitative estimate of drug-likeness (QED) is 0.519. The first-order chi connectivity index (χ1) is 18.3. The number of benzene rings is 2. The summed E-state index contributed by atoms with van der Waals surface area (Å²) in [7, 11) is -3.67. The summed E-state index contributed by atoms with van der Waals surface area (Å²) in [6.07, 6.45) is 3.29. The monoisotopic (exact) mass is 537 g/mol. The van der Waals surface area contributed by atoms with Crippen LogP contribution >= 0.6 is 0 Å². The van der Waals surface area contributed by atoms with Crippen molar-refractivity contribution in [2.45, 2.75) is 24.3 Å². The molecule has 3 heterocycles. The molecular weight excluding hydrogens is 505 g/mol. The number of carbonyl (C=O) groups is 1. The first-order valence-electron chi connectivity index (χ1n) is 12.9. The highest BCUT2D eigenvalue weighted by Gasteiger charge is 2.34. The van der Waals surface area contributed by atoms with Gasteiger partial charge in [0.25, 0.3) is 0 Å². The van der Waals surface area contributed by atoms with Crippen LogP contribution in [0.1, 0.15) is 18.4 Å². The Morgan fingerprint density at radius 1 is 0.895 bits per heavy atom. The molecule has 0 bridgehead atoms. The van der Waals surface area contributed by atoms with Crippen molar-refractivity contribution in [3.8, 4) is 11.1 Å². The van der Waals surface area contributed by atoms with E-state index < -0.39 is 10.0 Å². The SMILES string of the molecule is Nc1cc(CN2CCC(C(=O)N3CCN(S(=O)(=O)c4ccc(-c5ccc(F)cc5)cc4)CC3)CC2)ccn1. The second-order valence-electron chi connectivity index (χ2n) is 9.90. The maximum Gasteiger partial charge on any atom is 0.243 e. The number of halogens is 1. The van der Waals surface area contributed by atoms with Crippen LogP contribution in [0.15, 0.2) is 71.8 Å². The van der Waals surface area contributed by atoms with Crippen LogP contribution in [0.5, 0.6) is 0 Å². The number of anilines is 1. The number of rotatable bonds is 6. The van der Waals surface area contributed by atoms with Gasteiger partial charge in [-0.05, 0) is 79.0 Å². The van der Waals surface area contributed by atoms with Crippen LogP contribution < -0.4 is 5.73 Å². The summed E-state index contributed by atoms with van der Waals surface area (Å²) >= 11 is 0. The second kappa shape index (κ2) is 11.2. The Balaban J connectivity index is 1.13. The van der Waals surface area contributed by atoms with Gasteiger partial charge in [-0.3, -0.25) is 9.69 Å². The number of likely N-dealkylation sites (tertiary alicyclic amines) is 1. The van der Waals surface area contributed by atoms with Gasteiger partial charge >= 0.3 is 0 Å². The summed E-state index contributed by atoms with van der Waals surface area (Å²) in [5.74, 6) is 0.285. The Hall–Kier alpha value is -3.34. The highest BCUT2D eigenvalue weighted by atomic mass is 32.2. The van der Waals surface area contributed by atoms with Crippen LogP contribution in [0.25, 0.3) is 11.1 Å². The first kappa shape index (κ1) is 26.3. The smallest absolute Gasteiger partial charge is 0.243 e. The van der Waals surface area contributed by atoms with E-state index in [1.54, 1.807) is 42.6 Å². The number of piperidine rings is 1. The molecule has 1 aromatic heterocycles. The number of sulfonamides is 1. The number of pyridine rings is 1. The zero-order valence-corrected chi connectivity index (χ0v) is 22.0. The molecule has 8 nitrogen and oxygen atoms in total. The fraction of sp³-hybridized carbons (Fsp3) is 0.357. The number of nitrogens with zero attached hydrogens (tertiary/aromatic N) is 4. The molecule has 0 aliphatic carbocycles. The van der Waals surface area contributed by atoms with E-state index in [-0.39, 0.29) is 35.6 Å². The molecule has 1 amide bonds. The van der Waals surface area contributed by atoms with Crippen molar-refractivity contribution < 1.29 is 17.6 Å². The molecule has 5 rings (SSSR count). The molecule has 3 aromatic rings. The molecule has 2 aliphatic heterocycles. The van der Waals surface area contributed by atoms with Gasteiger partial charge in [-0.2, -0.15) is 4.31 Å². The Bertz CT molecular complexity index is 1370. The number of carbonyl (C=O) groups excluding carboxylic acids is 1. The van der Waals surface area contributed by atoms with Crippen molar-refractivity contribution in [2.24, 2.45) is 5.92 Å². The summed E-state index contributed by atoms with van der Waals surface area (Å²) in [5, 5.41) is 0. The van der Waals surface area contributed by atoms with Gasteiger partial charge in [-0.1, -0.05) is 24.3 Å². The van der Waals surface area contributed by atoms with Gasteiger partial charge in [0.2, 0.25) is 15.9 Å². The first-order valence-corrected chi connectivity index (χ1v) is 14.3. The van der Waals surface area contributed by atoms with E-state index in [1.165, 1.54) is 16.4 Å². The molecular formula is C28H32FN5O3S. The minimum absolute atomic E-state index is 0.0316. The molecule has 2 N–H and O–H groups in total. The Kier molecular flexibility index (Phi) is 7.73. The fourth-order valence-corrected chi connectivity index (χ4v) is 6.63. The minimum Gasteiger partial charge on any atom is -0.384 e. The van der Waals surface area contributed by atoms with Crippen LogP contribution in [-0.2, 0) is 21.4 Å². The van der Waals surface area contributed by atoms with Crippen LogP contribution in [-0.4, -0.2) is 72.7 Å².